The molecule has 2 heterocycles. The summed E-state index contributed by atoms with van der Waals surface area (Å²) in [5.41, 5.74) is 0.890. The molecule has 8 nitrogen and oxygen atoms in total. The molecule has 0 spiro atoms. The van der Waals surface area contributed by atoms with Crippen LogP contribution in [0.1, 0.15) is 40.5 Å². The van der Waals surface area contributed by atoms with E-state index in [1.54, 1.807) is 27.5 Å². The molecule has 0 unspecified atom stereocenters. The monoisotopic (exact) mass is 507 g/mol. The molecule has 32 heavy (non-hydrogen) atoms. The number of anilines is 3. The molecule has 1 saturated heterocycles. The van der Waals surface area contributed by atoms with E-state index in [0.29, 0.717) is 23.2 Å². The van der Waals surface area contributed by atoms with Crippen molar-refractivity contribution in [2.45, 2.75) is 57.7 Å². The topological polar surface area (TPSA) is 80.8 Å². The first kappa shape index (κ1) is 24.4. The third kappa shape index (κ3) is 5.04. The molecule has 1 aliphatic heterocycles. The molecule has 1 fully saturated rings. The van der Waals surface area contributed by atoms with Crippen molar-refractivity contribution in [3.8, 4) is 17.2 Å². The Kier molecular flexibility index (Phi) is 7.09. The van der Waals surface area contributed by atoms with Gasteiger partial charge in [0.1, 0.15) is 5.82 Å². The predicted octanol–water partition coefficient (Wildman–Crippen LogP) is 5.07. The highest BCUT2D eigenvalue weighted by Crippen LogP contribution is 2.41. The average Bonchev–Trinajstić information content (AvgIpc) is 2.73. The molecule has 0 amide bonds. The largest absolute Gasteiger partial charge is 0.493 e. The van der Waals surface area contributed by atoms with Crippen molar-refractivity contribution in [2.75, 3.05) is 39.0 Å². The second kappa shape index (κ2) is 9.31. The zero-order valence-electron chi connectivity index (χ0n) is 20.2. The smallest absolute Gasteiger partial charge is 0.229 e. The van der Waals surface area contributed by atoms with Gasteiger partial charge in [0.25, 0.3) is 0 Å². The second-order valence-electron chi connectivity index (χ2n) is 9.36. The van der Waals surface area contributed by atoms with E-state index in [-0.39, 0.29) is 17.1 Å². The number of hydrogen-bond acceptors (Lipinski definition) is 8. The fourth-order valence-electron chi connectivity index (χ4n) is 4.48. The Hall–Kier alpha value is -2.26. The molecule has 0 atom stereocenters. The number of benzene rings is 1. The summed E-state index contributed by atoms with van der Waals surface area (Å²) in [6.07, 6.45) is 3.78. The Morgan fingerprint density at radius 2 is 1.56 bits per heavy atom. The SMILES string of the molecule is COc1cc(Nc2ncc(Br)c(NC3CC(C)(C)N(C)C(C)(C)C3)n2)cc(OC)c1OC. The number of methoxy groups -OCH3 is 3. The standard InChI is InChI=1S/C23H34BrN5O3/c1-22(2)11-15(12-23(3,4)29(22)5)26-20-16(24)13-25-21(28-20)27-14-9-17(30-6)19(32-8)18(10-14)31-7/h9-10,13,15H,11-12H2,1-8H3,(H2,25,26,27,28). The predicted molar refractivity (Wildman–Crippen MR) is 132 cm³/mol. The summed E-state index contributed by atoms with van der Waals surface area (Å²) in [5, 5.41) is 6.88. The molecular formula is C23H34BrN5O3. The Morgan fingerprint density at radius 3 is 2.06 bits per heavy atom. The van der Waals surface area contributed by atoms with Crippen LogP contribution in [0.4, 0.5) is 17.5 Å². The Balaban J connectivity index is 1.84. The zero-order chi connectivity index (χ0) is 23.7. The molecule has 176 valence electrons. The maximum absolute atomic E-state index is 5.44. The molecule has 0 saturated carbocycles. The summed E-state index contributed by atoms with van der Waals surface area (Å²) in [7, 11) is 6.96. The van der Waals surface area contributed by atoms with Gasteiger partial charge in [0.15, 0.2) is 11.5 Å². The minimum atomic E-state index is 0.0796. The minimum Gasteiger partial charge on any atom is -0.493 e. The summed E-state index contributed by atoms with van der Waals surface area (Å²) in [5.74, 6) is 2.88. The fraction of sp³-hybridized carbons (Fsp3) is 0.565. The van der Waals surface area contributed by atoms with Crippen molar-refractivity contribution < 1.29 is 14.2 Å². The maximum atomic E-state index is 5.44. The Morgan fingerprint density at radius 1 is 1.00 bits per heavy atom. The molecule has 1 aliphatic rings. The summed E-state index contributed by atoms with van der Waals surface area (Å²) in [4.78, 5) is 11.6. The maximum Gasteiger partial charge on any atom is 0.229 e. The van der Waals surface area contributed by atoms with Crippen LogP contribution in [-0.2, 0) is 0 Å². The van der Waals surface area contributed by atoms with E-state index in [2.05, 4.69) is 71.2 Å². The van der Waals surface area contributed by atoms with Gasteiger partial charge in [0, 0.05) is 41.1 Å². The van der Waals surface area contributed by atoms with Crippen molar-refractivity contribution in [1.82, 2.24) is 14.9 Å². The molecule has 3 rings (SSSR count). The van der Waals surface area contributed by atoms with Crippen LogP contribution in [-0.4, -0.2) is 60.4 Å². The van der Waals surface area contributed by atoms with Gasteiger partial charge in [0.2, 0.25) is 11.7 Å². The quantitative estimate of drug-likeness (QED) is 0.537. The van der Waals surface area contributed by atoms with Gasteiger partial charge < -0.3 is 24.8 Å². The molecular weight excluding hydrogens is 474 g/mol. The highest BCUT2D eigenvalue weighted by Gasteiger charge is 2.43. The second-order valence-corrected chi connectivity index (χ2v) is 10.2. The van der Waals surface area contributed by atoms with Gasteiger partial charge in [0.05, 0.1) is 25.8 Å². The molecule has 0 bridgehead atoms. The highest BCUT2D eigenvalue weighted by molar-refractivity contribution is 9.10. The first-order valence-corrected chi connectivity index (χ1v) is 11.4. The van der Waals surface area contributed by atoms with Crippen LogP contribution in [0.5, 0.6) is 17.2 Å². The lowest BCUT2D eigenvalue weighted by molar-refractivity contribution is -0.00773. The molecule has 0 aliphatic carbocycles. The molecule has 1 aromatic heterocycles. The molecule has 1 aromatic carbocycles. The van der Waals surface area contributed by atoms with E-state index in [4.69, 9.17) is 19.2 Å². The number of rotatable bonds is 7. The van der Waals surface area contributed by atoms with Crippen LogP contribution in [0.25, 0.3) is 0 Å². The number of ether oxygens (including phenoxy) is 3. The normalized spacial score (nSPS) is 18.2. The number of piperidine rings is 1. The lowest BCUT2D eigenvalue weighted by Crippen LogP contribution is -2.61. The van der Waals surface area contributed by atoms with Gasteiger partial charge in [-0.3, -0.25) is 4.90 Å². The lowest BCUT2D eigenvalue weighted by atomic mass is 9.77. The van der Waals surface area contributed by atoms with Gasteiger partial charge in [-0.15, -0.1) is 0 Å². The Bertz CT molecular complexity index is 924. The third-order valence-corrected chi connectivity index (χ3v) is 6.89. The average molecular weight is 508 g/mol. The van der Waals surface area contributed by atoms with Crippen LogP contribution in [0.2, 0.25) is 0 Å². The molecule has 9 heteroatoms. The van der Waals surface area contributed by atoms with Crippen molar-refractivity contribution in [1.29, 1.82) is 0 Å². The summed E-state index contributed by atoms with van der Waals surface area (Å²) >= 11 is 3.59. The van der Waals surface area contributed by atoms with Crippen LogP contribution in [0.3, 0.4) is 0 Å². The van der Waals surface area contributed by atoms with Crippen molar-refractivity contribution >= 4 is 33.4 Å². The van der Waals surface area contributed by atoms with E-state index in [1.807, 2.05) is 12.1 Å². The molecule has 2 N–H and O–H groups in total. The Labute approximate surface area is 199 Å². The lowest BCUT2D eigenvalue weighted by Gasteiger charge is -2.53. The molecule has 2 aromatic rings. The number of hydrogen-bond donors (Lipinski definition) is 2. The van der Waals surface area contributed by atoms with Gasteiger partial charge in [-0.05, 0) is 63.5 Å². The number of halogens is 1. The summed E-state index contributed by atoms with van der Waals surface area (Å²) in [6.45, 7) is 9.15. The zero-order valence-corrected chi connectivity index (χ0v) is 21.8. The van der Waals surface area contributed by atoms with Crippen LogP contribution < -0.4 is 24.8 Å². The van der Waals surface area contributed by atoms with Gasteiger partial charge in [-0.2, -0.15) is 4.98 Å². The number of nitrogens with zero attached hydrogens (tertiary/aromatic N) is 3. The van der Waals surface area contributed by atoms with Crippen molar-refractivity contribution in [3.05, 3.63) is 22.8 Å². The van der Waals surface area contributed by atoms with Crippen LogP contribution >= 0.6 is 15.9 Å². The minimum absolute atomic E-state index is 0.0796. The van der Waals surface area contributed by atoms with E-state index < -0.39 is 0 Å². The summed E-state index contributed by atoms with van der Waals surface area (Å²) in [6, 6.07) is 3.93. The highest BCUT2D eigenvalue weighted by atomic mass is 79.9. The fourth-order valence-corrected chi connectivity index (χ4v) is 4.78. The van der Waals surface area contributed by atoms with E-state index >= 15 is 0 Å². The van der Waals surface area contributed by atoms with Gasteiger partial charge in [-0.25, -0.2) is 4.98 Å². The summed E-state index contributed by atoms with van der Waals surface area (Å²) < 4.78 is 17.1. The number of nitrogens with one attached hydrogen (secondary N) is 2. The van der Waals surface area contributed by atoms with Gasteiger partial charge in [-0.1, -0.05) is 0 Å². The number of likely N-dealkylation sites (tertiary alicyclic amines) is 1. The van der Waals surface area contributed by atoms with Crippen molar-refractivity contribution in [2.24, 2.45) is 0 Å². The number of aromatic nitrogens is 2. The van der Waals surface area contributed by atoms with E-state index in [9.17, 15) is 0 Å². The van der Waals surface area contributed by atoms with Gasteiger partial charge >= 0.3 is 0 Å². The van der Waals surface area contributed by atoms with E-state index in [1.165, 1.54) is 0 Å². The molecule has 0 radical (unpaired) electrons. The van der Waals surface area contributed by atoms with Crippen LogP contribution in [0, 0.1) is 0 Å². The van der Waals surface area contributed by atoms with Crippen LogP contribution in [0.15, 0.2) is 22.8 Å². The first-order valence-electron chi connectivity index (χ1n) is 10.6. The van der Waals surface area contributed by atoms with Crippen molar-refractivity contribution in [3.63, 3.8) is 0 Å². The third-order valence-electron chi connectivity index (χ3n) is 6.31. The first-order chi connectivity index (χ1) is 15.0. The van der Waals surface area contributed by atoms with E-state index in [0.717, 1.165) is 28.8 Å².